The number of thiophene rings is 1. The molecule has 4 amide bonds. The number of hydrogen-bond acceptors (Lipinski definition) is 7. The number of piperidine rings is 1. The van der Waals surface area contributed by atoms with Crippen molar-refractivity contribution in [3.05, 3.63) is 45.8 Å². The van der Waals surface area contributed by atoms with Gasteiger partial charge in [0.1, 0.15) is 5.00 Å². The number of imide groups is 1. The summed E-state index contributed by atoms with van der Waals surface area (Å²) in [5.74, 6) is -0.715. The Bertz CT molecular complexity index is 1300. The molecule has 0 spiro atoms. The van der Waals surface area contributed by atoms with Crippen molar-refractivity contribution < 1.29 is 22.8 Å². The number of nitrogens with one attached hydrogen (secondary N) is 2. The normalized spacial score (nSPS) is 18.6. The van der Waals surface area contributed by atoms with E-state index in [-0.39, 0.29) is 10.5 Å². The fraction of sp³-hybridized carbons (Fsp3) is 0.480. The summed E-state index contributed by atoms with van der Waals surface area (Å²) in [5.41, 5.74) is 1.40. The third-order valence-corrected chi connectivity index (χ3v) is 9.71. The second-order valence-electron chi connectivity index (χ2n) is 9.94. The summed E-state index contributed by atoms with van der Waals surface area (Å²) >= 11 is 1.32. The van der Waals surface area contributed by atoms with Crippen LogP contribution in [0.5, 0.6) is 0 Å². The molecule has 1 fully saturated rings. The first-order chi connectivity index (χ1) is 17.5. The Morgan fingerprint density at radius 1 is 1.08 bits per heavy atom. The molecule has 37 heavy (non-hydrogen) atoms. The number of anilines is 1. The minimum Gasteiger partial charge on any atom is -0.331 e. The summed E-state index contributed by atoms with van der Waals surface area (Å²) in [4.78, 5) is 42.8. The molecule has 4 rings (SSSR count). The zero-order chi connectivity index (χ0) is 26.9. The minimum atomic E-state index is -3.63. The predicted octanol–water partition coefficient (Wildman–Crippen LogP) is 2.82. The number of nitrogens with zero attached hydrogens (tertiary/aromatic N) is 3. The number of carbonyl (C=O) groups excluding carboxylic acids is 3. The molecule has 0 bridgehead atoms. The van der Waals surface area contributed by atoms with Crippen LogP contribution in [0.4, 0.5) is 9.80 Å². The van der Waals surface area contributed by atoms with Crippen molar-refractivity contribution in [3.63, 3.8) is 0 Å². The van der Waals surface area contributed by atoms with Crippen LogP contribution in [0, 0.1) is 5.92 Å². The lowest BCUT2D eigenvalue weighted by Crippen LogP contribution is -2.39. The van der Waals surface area contributed by atoms with Gasteiger partial charge in [0.2, 0.25) is 10.0 Å². The van der Waals surface area contributed by atoms with Gasteiger partial charge in [-0.15, -0.1) is 11.3 Å². The van der Waals surface area contributed by atoms with Crippen molar-refractivity contribution in [2.24, 2.45) is 5.92 Å². The molecule has 200 valence electrons. The Balaban J connectivity index is 1.56. The first-order valence-corrected chi connectivity index (χ1v) is 14.5. The molecule has 0 aliphatic carbocycles. The van der Waals surface area contributed by atoms with Crippen molar-refractivity contribution in [2.45, 2.75) is 37.6 Å². The topological polar surface area (TPSA) is 119 Å². The van der Waals surface area contributed by atoms with Crippen molar-refractivity contribution >= 4 is 44.2 Å². The summed E-state index contributed by atoms with van der Waals surface area (Å²) in [7, 11) is 1.43. The molecule has 1 saturated heterocycles. The van der Waals surface area contributed by atoms with E-state index in [0.29, 0.717) is 42.5 Å². The van der Waals surface area contributed by atoms with Crippen LogP contribution in [0.15, 0.2) is 29.2 Å². The minimum absolute atomic E-state index is 0.148. The van der Waals surface area contributed by atoms with Crippen molar-refractivity contribution in [1.29, 1.82) is 0 Å². The van der Waals surface area contributed by atoms with Crippen LogP contribution < -0.4 is 10.6 Å². The van der Waals surface area contributed by atoms with E-state index in [2.05, 4.69) is 15.5 Å². The zero-order valence-corrected chi connectivity index (χ0v) is 23.2. The van der Waals surface area contributed by atoms with Gasteiger partial charge in [0.15, 0.2) is 0 Å². The second-order valence-corrected chi connectivity index (χ2v) is 13.0. The Hall–Kier alpha value is -2.80. The van der Waals surface area contributed by atoms with Crippen LogP contribution in [0.3, 0.4) is 0 Å². The van der Waals surface area contributed by atoms with E-state index in [0.717, 1.165) is 29.8 Å². The number of carbonyl (C=O) groups is 3. The van der Waals surface area contributed by atoms with Crippen LogP contribution >= 0.6 is 11.3 Å². The largest absolute Gasteiger partial charge is 0.331 e. The number of likely N-dealkylation sites (N-methyl/N-ethyl adjacent to an activating group) is 1. The monoisotopic (exact) mass is 547 g/mol. The number of rotatable bonds is 5. The molecule has 2 aliphatic heterocycles. The smallest absolute Gasteiger partial charge is 0.323 e. The molecule has 0 radical (unpaired) electrons. The maximum atomic E-state index is 13.1. The quantitative estimate of drug-likeness (QED) is 0.594. The lowest BCUT2D eigenvalue weighted by Gasteiger charge is -2.30. The van der Waals surface area contributed by atoms with Gasteiger partial charge in [-0.2, -0.15) is 4.31 Å². The summed E-state index contributed by atoms with van der Waals surface area (Å²) in [6, 6.07) is 5.30. The molecular weight excluding hydrogens is 514 g/mol. The lowest BCUT2D eigenvalue weighted by atomic mass is 10.0. The van der Waals surface area contributed by atoms with E-state index in [4.69, 9.17) is 0 Å². The van der Waals surface area contributed by atoms with E-state index in [9.17, 15) is 22.8 Å². The number of fused-ring (bicyclic) bond motifs is 1. The number of benzene rings is 1. The van der Waals surface area contributed by atoms with E-state index >= 15 is 0 Å². The van der Waals surface area contributed by atoms with Gasteiger partial charge >= 0.3 is 6.03 Å². The van der Waals surface area contributed by atoms with Crippen LogP contribution in [0.1, 0.15) is 50.9 Å². The van der Waals surface area contributed by atoms with Gasteiger partial charge < -0.3 is 15.1 Å². The second kappa shape index (κ2) is 10.9. The van der Waals surface area contributed by atoms with Gasteiger partial charge in [0.25, 0.3) is 11.8 Å². The average molecular weight is 548 g/mol. The molecule has 12 heteroatoms. The molecule has 1 aromatic heterocycles. The highest BCUT2D eigenvalue weighted by Gasteiger charge is 2.30. The Labute approximate surface area is 221 Å². The van der Waals surface area contributed by atoms with E-state index in [1.165, 1.54) is 44.8 Å². The molecule has 0 saturated carbocycles. The van der Waals surface area contributed by atoms with Gasteiger partial charge in [-0.3, -0.25) is 14.9 Å². The third-order valence-electron chi connectivity index (χ3n) is 6.70. The maximum absolute atomic E-state index is 13.1. The average Bonchev–Trinajstić information content (AvgIpc) is 3.20. The maximum Gasteiger partial charge on any atom is 0.323 e. The first kappa shape index (κ1) is 27.2. The molecule has 10 nitrogen and oxygen atoms in total. The fourth-order valence-corrected chi connectivity index (χ4v) is 7.52. The van der Waals surface area contributed by atoms with E-state index in [1.807, 2.05) is 14.0 Å². The third kappa shape index (κ3) is 5.87. The summed E-state index contributed by atoms with van der Waals surface area (Å²) in [5, 5.41) is 5.57. The Morgan fingerprint density at radius 2 is 1.78 bits per heavy atom. The molecule has 2 aromatic rings. The van der Waals surface area contributed by atoms with Crippen molar-refractivity contribution in [1.82, 2.24) is 19.4 Å². The van der Waals surface area contributed by atoms with Crippen LogP contribution in [0.2, 0.25) is 0 Å². The Morgan fingerprint density at radius 3 is 2.43 bits per heavy atom. The summed E-state index contributed by atoms with van der Waals surface area (Å²) < 4.78 is 27.6. The number of sulfonamides is 1. The van der Waals surface area contributed by atoms with Crippen LogP contribution in [-0.2, 0) is 23.0 Å². The number of amides is 4. The van der Waals surface area contributed by atoms with Crippen LogP contribution in [0.25, 0.3) is 0 Å². The highest BCUT2D eigenvalue weighted by molar-refractivity contribution is 7.89. The van der Waals surface area contributed by atoms with Gasteiger partial charge in [-0.25, -0.2) is 13.2 Å². The summed E-state index contributed by atoms with van der Waals surface area (Å²) in [6.07, 6.45) is 2.47. The number of hydrogen-bond donors (Lipinski definition) is 2. The zero-order valence-electron chi connectivity index (χ0n) is 21.5. The van der Waals surface area contributed by atoms with Gasteiger partial charge in [-0.1, -0.05) is 6.92 Å². The van der Waals surface area contributed by atoms with E-state index < -0.39 is 27.9 Å². The predicted molar refractivity (Wildman–Crippen MR) is 142 cm³/mol. The number of urea groups is 1. The van der Waals surface area contributed by atoms with Gasteiger partial charge in [0, 0.05) is 50.7 Å². The summed E-state index contributed by atoms with van der Waals surface area (Å²) in [6.45, 7) is 4.42. The standard InChI is InChI=1S/C25H33N5O5S2/c1-16-6-5-12-30(14-16)37(34,35)18-9-7-17(8-10-18)22(31)26-24-21(23(32)27-25(33)28(2)3)19-11-13-29(4)15-20(19)36-24/h7-10,16H,5-6,11-15H2,1-4H3,(H,26,31)(H,27,32,33). The first-order valence-electron chi connectivity index (χ1n) is 12.2. The molecule has 1 aromatic carbocycles. The van der Waals surface area contributed by atoms with Crippen molar-refractivity contribution in [3.8, 4) is 0 Å². The highest BCUT2D eigenvalue weighted by atomic mass is 32.2. The van der Waals surface area contributed by atoms with Crippen molar-refractivity contribution in [2.75, 3.05) is 46.1 Å². The van der Waals surface area contributed by atoms with E-state index in [1.54, 1.807) is 14.1 Å². The fourth-order valence-electron chi connectivity index (χ4n) is 4.60. The highest BCUT2D eigenvalue weighted by Crippen LogP contribution is 2.37. The van der Waals surface area contributed by atoms with Crippen LogP contribution in [-0.4, -0.2) is 81.1 Å². The van der Waals surface area contributed by atoms with Gasteiger partial charge in [-0.05, 0) is 62.1 Å². The van der Waals surface area contributed by atoms with Gasteiger partial charge in [0.05, 0.1) is 10.5 Å². The molecule has 1 unspecified atom stereocenters. The molecular formula is C25H33N5O5S2. The Kier molecular flexibility index (Phi) is 8.02. The molecule has 2 aliphatic rings. The molecule has 3 heterocycles. The SMILES string of the molecule is CC1CCCN(S(=O)(=O)c2ccc(C(=O)Nc3sc4c(c3C(=O)NC(=O)N(C)C)CCN(C)C4)cc2)C1. The molecule has 2 N–H and O–H groups in total. The molecule has 1 atom stereocenters. The lowest BCUT2D eigenvalue weighted by molar-refractivity contribution is 0.0956.